The zero-order chi connectivity index (χ0) is 23.4. The van der Waals surface area contributed by atoms with Gasteiger partial charge in [0.2, 0.25) is 5.91 Å². The third-order valence-corrected chi connectivity index (χ3v) is 6.43. The molecule has 170 valence electrons. The number of methoxy groups -OCH3 is 1. The SMILES string of the molecule is COCCc1ccc(-c2csc(NC(=O)C3=NN(c4ccc(C)c(Cl)c4)C(=O)CC3)n2)cc1. The van der Waals surface area contributed by atoms with Crippen molar-refractivity contribution in [3.05, 3.63) is 64.0 Å². The molecule has 1 aliphatic heterocycles. The molecular formula is C24H23ClN4O3S. The molecule has 4 rings (SSSR count). The smallest absolute Gasteiger partial charge is 0.273 e. The number of ether oxygens (including phenoxy) is 1. The fourth-order valence-corrected chi connectivity index (χ4v) is 4.22. The second-order valence-corrected chi connectivity index (χ2v) is 8.88. The molecular weight excluding hydrogens is 460 g/mol. The lowest BCUT2D eigenvalue weighted by atomic mass is 10.1. The van der Waals surface area contributed by atoms with Crippen LogP contribution in [0.1, 0.15) is 24.0 Å². The highest BCUT2D eigenvalue weighted by molar-refractivity contribution is 7.14. The van der Waals surface area contributed by atoms with Gasteiger partial charge in [-0.2, -0.15) is 5.10 Å². The van der Waals surface area contributed by atoms with E-state index in [1.54, 1.807) is 19.2 Å². The first-order chi connectivity index (χ1) is 15.9. The molecule has 0 atom stereocenters. The van der Waals surface area contributed by atoms with Gasteiger partial charge in [0.05, 0.1) is 18.0 Å². The summed E-state index contributed by atoms with van der Waals surface area (Å²) in [6, 6.07) is 13.4. The molecule has 0 spiro atoms. The van der Waals surface area contributed by atoms with Crippen LogP contribution in [0.5, 0.6) is 0 Å². The van der Waals surface area contributed by atoms with Gasteiger partial charge in [-0.1, -0.05) is 41.9 Å². The molecule has 2 heterocycles. The summed E-state index contributed by atoms with van der Waals surface area (Å²) in [6.45, 7) is 2.56. The van der Waals surface area contributed by atoms with Crippen molar-refractivity contribution in [1.82, 2.24) is 4.98 Å². The normalized spacial score (nSPS) is 13.7. The maximum absolute atomic E-state index is 12.8. The van der Waals surface area contributed by atoms with E-state index in [9.17, 15) is 9.59 Å². The van der Waals surface area contributed by atoms with E-state index >= 15 is 0 Å². The number of nitrogens with one attached hydrogen (secondary N) is 1. The topological polar surface area (TPSA) is 83.9 Å². The summed E-state index contributed by atoms with van der Waals surface area (Å²) < 4.78 is 5.11. The quantitative estimate of drug-likeness (QED) is 0.508. The Labute approximate surface area is 201 Å². The first kappa shape index (κ1) is 23.1. The standard InChI is InChI=1S/C24H23ClN4O3S/c1-15-3-8-18(13-19(15)25)29-22(30)10-9-20(28-29)23(31)27-24-26-21(14-33-24)17-6-4-16(5-7-17)11-12-32-2/h3-8,13-14H,9-12H2,1-2H3,(H,26,27,31). The predicted octanol–water partition coefficient (Wildman–Crippen LogP) is 5.08. The van der Waals surface area contributed by atoms with Gasteiger partial charge in [0.15, 0.2) is 5.13 Å². The summed E-state index contributed by atoms with van der Waals surface area (Å²) >= 11 is 7.53. The van der Waals surface area contributed by atoms with E-state index in [-0.39, 0.29) is 30.4 Å². The van der Waals surface area contributed by atoms with Crippen LogP contribution in [0.25, 0.3) is 11.3 Å². The third kappa shape index (κ3) is 5.47. The summed E-state index contributed by atoms with van der Waals surface area (Å²) in [5.74, 6) is -0.557. The molecule has 0 aliphatic carbocycles. The molecule has 7 nitrogen and oxygen atoms in total. The minimum atomic E-state index is -0.374. The Morgan fingerprint density at radius 1 is 1.21 bits per heavy atom. The van der Waals surface area contributed by atoms with Crippen molar-refractivity contribution in [1.29, 1.82) is 0 Å². The summed E-state index contributed by atoms with van der Waals surface area (Å²) in [6.07, 6.45) is 1.31. The molecule has 0 radical (unpaired) electrons. The highest BCUT2D eigenvalue weighted by Gasteiger charge is 2.26. The number of amides is 2. The number of rotatable bonds is 7. The van der Waals surface area contributed by atoms with Gasteiger partial charge in [0.1, 0.15) is 5.71 Å². The van der Waals surface area contributed by atoms with Crippen LogP contribution >= 0.6 is 22.9 Å². The van der Waals surface area contributed by atoms with Crippen LogP contribution < -0.4 is 10.3 Å². The Morgan fingerprint density at radius 2 is 2.00 bits per heavy atom. The number of benzene rings is 2. The van der Waals surface area contributed by atoms with E-state index in [0.717, 1.165) is 23.2 Å². The van der Waals surface area contributed by atoms with Crippen molar-refractivity contribution in [2.24, 2.45) is 5.10 Å². The van der Waals surface area contributed by atoms with Crippen molar-refractivity contribution < 1.29 is 14.3 Å². The Hall–Kier alpha value is -3.07. The van der Waals surface area contributed by atoms with Crippen molar-refractivity contribution >= 4 is 51.3 Å². The van der Waals surface area contributed by atoms with E-state index in [1.807, 2.05) is 42.6 Å². The summed E-state index contributed by atoms with van der Waals surface area (Å²) in [5, 5.41) is 11.2. The van der Waals surface area contributed by atoms with Crippen LogP contribution in [-0.2, 0) is 20.7 Å². The second-order valence-electron chi connectivity index (χ2n) is 7.62. The number of hydrazone groups is 1. The monoisotopic (exact) mass is 482 g/mol. The Kier molecular flexibility index (Phi) is 7.17. The number of aryl methyl sites for hydroxylation is 1. The van der Waals surface area contributed by atoms with E-state index in [2.05, 4.69) is 15.4 Å². The molecule has 0 saturated carbocycles. The molecule has 2 aromatic carbocycles. The fourth-order valence-electron chi connectivity index (χ4n) is 3.33. The van der Waals surface area contributed by atoms with Gasteiger partial charge < -0.3 is 4.74 Å². The summed E-state index contributed by atoms with van der Waals surface area (Å²) in [4.78, 5) is 29.7. The lowest BCUT2D eigenvalue weighted by Crippen LogP contribution is -2.36. The number of carbonyl (C=O) groups is 2. The number of anilines is 2. The maximum atomic E-state index is 12.8. The molecule has 0 fully saturated rings. The minimum absolute atomic E-state index is 0.183. The molecule has 3 aromatic rings. The highest BCUT2D eigenvalue weighted by Crippen LogP contribution is 2.28. The lowest BCUT2D eigenvalue weighted by Gasteiger charge is -2.23. The molecule has 1 N–H and O–H groups in total. The second kappa shape index (κ2) is 10.2. The number of hydrogen-bond donors (Lipinski definition) is 1. The predicted molar refractivity (Wildman–Crippen MR) is 132 cm³/mol. The van der Waals surface area contributed by atoms with E-state index < -0.39 is 0 Å². The molecule has 0 unspecified atom stereocenters. The summed E-state index contributed by atoms with van der Waals surface area (Å²) in [5.41, 5.74) is 4.64. The zero-order valence-corrected chi connectivity index (χ0v) is 19.9. The molecule has 2 amide bonds. The average Bonchev–Trinajstić information content (AvgIpc) is 3.28. The molecule has 9 heteroatoms. The van der Waals surface area contributed by atoms with E-state index in [1.165, 1.54) is 21.9 Å². The number of hydrogen-bond acceptors (Lipinski definition) is 6. The van der Waals surface area contributed by atoms with Gasteiger partial charge in [-0.15, -0.1) is 11.3 Å². The van der Waals surface area contributed by atoms with Gasteiger partial charge in [-0.05, 0) is 36.6 Å². The first-order valence-electron chi connectivity index (χ1n) is 10.5. The maximum Gasteiger partial charge on any atom is 0.273 e. The van der Waals surface area contributed by atoms with E-state index in [0.29, 0.717) is 22.4 Å². The van der Waals surface area contributed by atoms with E-state index in [4.69, 9.17) is 16.3 Å². The number of aromatic nitrogens is 1. The van der Waals surface area contributed by atoms with Crippen LogP contribution in [0, 0.1) is 6.92 Å². The van der Waals surface area contributed by atoms with Crippen LogP contribution in [0.3, 0.4) is 0 Å². The Balaban J connectivity index is 1.46. The van der Waals surface area contributed by atoms with Gasteiger partial charge in [-0.25, -0.2) is 9.99 Å². The van der Waals surface area contributed by atoms with Crippen LogP contribution in [0.15, 0.2) is 52.9 Å². The van der Waals surface area contributed by atoms with Crippen molar-refractivity contribution in [3.8, 4) is 11.3 Å². The van der Waals surface area contributed by atoms with Gasteiger partial charge in [0.25, 0.3) is 5.91 Å². The third-order valence-electron chi connectivity index (χ3n) is 5.26. The van der Waals surface area contributed by atoms with Crippen LogP contribution in [0.2, 0.25) is 5.02 Å². The number of halogens is 1. The average molecular weight is 483 g/mol. The van der Waals surface area contributed by atoms with Crippen molar-refractivity contribution in [3.63, 3.8) is 0 Å². The Bertz CT molecular complexity index is 1210. The van der Waals surface area contributed by atoms with Gasteiger partial charge in [0, 0.05) is 35.9 Å². The first-order valence-corrected chi connectivity index (χ1v) is 11.7. The fraction of sp³-hybridized carbons (Fsp3) is 0.250. The molecule has 0 bridgehead atoms. The van der Waals surface area contributed by atoms with Crippen molar-refractivity contribution in [2.75, 3.05) is 24.0 Å². The lowest BCUT2D eigenvalue weighted by molar-refractivity contribution is -0.118. The number of carbonyl (C=O) groups excluding carboxylic acids is 2. The zero-order valence-electron chi connectivity index (χ0n) is 18.3. The summed E-state index contributed by atoms with van der Waals surface area (Å²) in [7, 11) is 1.69. The van der Waals surface area contributed by atoms with Crippen LogP contribution in [-0.4, -0.2) is 36.2 Å². The Morgan fingerprint density at radius 3 is 2.73 bits per heavy atom. The van der Waals surface area contributed by atoms with Crippen molar-refractivity contribution in [2.45, 2.75) is 26.2 Å². The highest BCUT2D eigenvalue weighted by atomic mass is 35.5. The number of nitrogens with zero attached hydrogens (tertiary/aromatic N) is 3. The minimum Gasteiger partial charge on any atom is -0.384 e. The van der Waals surface area contributed by atoms with Crippen LogP contribution in [0.4, 0.5) is 10.8 Å². The largest absolute Gasteiger partial charge is 0.384 e. The molecule has 1 aromatic heterocycles. The molecule has 1 aliphatic rings. The van der Waals surface area contributed by atoms with Gasteiger partial charge >= 0.3 is 0 Å². The van der Waals surface area contributed by atoms with Gasteiger partial charge in [-0.3, -0.25) is 14.9 Å². The molecule has 33 heavy (non-hydrogen) atoms. The number of thiazole rings is 1. The molecule has 0 saturated heterocycles.